The molecule has 0 aromatic heterocycles. The number of hydrogen-bond acceptors (Lipinski definition) is 4. The van der Waals surface area contributed by atoms with Gasteiger partial charge in [-0.05, 0) is 68.7 Å². The molecule has 1 aromatic carbocycles. The summed E-state index contributed by atoms with van der Waals surface area (Å²) in [6, 6.07) is 8.87. The minimum atomic E-state index is 0. The Kier molecular flexibility index (Phi) is 12.1. The number of rotatable bonds is 11. The van der Waals surface area contributed by atoms with Crippen LogP contribution in [0.1, 0.15) is 44.1 Å². The van der Waals surface area contributed by atoms with Gasteiger partial charge < -0.3 is 20.3 Å². The van der Waals surface area contributed by atoms with E-state index < -0.39 is 0 Å². The second kappa shape index (κ2) is 14.3. The monoisotopic (exact) mass is 557 g/mol. The van der Waals surface area contributed by atoms with Crippen LogP contribution in [0.5, 0.6) is 0 Å². The summed E-state index contributed by atoms with van der Waals surface area (Å²) in [5.74, 6) is 0.940. The minimum absolute atomic E-state index is 0. The molecule has 2 aliphatic rings. The Morgan fingerprint density at radius 3 is 2.53 bits per heavy atom. The predicted octanol–water partition coefficient (Wildman–Crippen LogP) is 3.89. The summed E-state index contributed by atoms with van der Waals surface area (Å²) in [6.07, 6.45) is 7.50. The lowest BCUT2D eigenvalue weighted by Crippen LogP contribution is -2.47. The van der Waals surface area contributed by atoms with E-state index in [4.69, 9.17) is 4.74 Å². The van der Waals surface area contributed by atoms with Crippen molar-refractivity contribution in [3.8, 4) is 0 Å². The highest BCUT2D eigenvalue weighted by molar-refractivity contribution is 14.0. The maximum atomic E-state index is 5.30. The summed E-state index contributed by atoms with van der Waals surface area (Å²) in [4.78, 5) is 9.53. The third-order valence-corrected chi connectivity index (χ3v) is 7.04. The molecular formula is C25H44IN5O. The number of methoxy groups -OCH3 is 1. The normalized spacial score (nSPS) is 18.6. The van der Waals surface area contributed by atoms with E-state index in [0.29, 0.717) is 5.41 Å². The molecule has 2 fully saturated rings. The maximum absolute atomic E-state index is 5.30. The first-order valence-electron chi connectivity index (χ1n) is 12.1. The van der Waals surface area contributed by atoms with Gasteiger partial charge in [0.1, 0.15) is 0 Å². The SMILES string of the molecule is CN=C(NCCCCN1CCN(c2cccc(C)c2)CC1)NCC1(CCOC)CCC1.I. The maximum Gasteiger partial charge on any atom is 0.190 e. The van der Waals surface area contributed by atoms with Crippen molar-refractivity contribution in [2.45, 2.75) is 45.4 Å². The van der Waals surface area contributed by atoms with Gasteiger partial charge in [-0.25, -0.2) is 0 Å². The van der Waals surface area contributed by atoms with Crippen LogP contribution >= 0.6 is 24.0 Å². The van der Waals surface area contributed by atoms with E-state index in [9.17, 15) is 0 Å². The molecule has 0 radical (unpaired) electrons. The van der Waals surface area contributed by atoms with E-state index in [2.05, 4.69) is 56.6 Å². The molecule has 0 amide bonds. The number of nitrogens with zero attached hydrogens (tertiary/aromatic N) is 3. The summed E-state index contributed by atoms with van der Waals surface area (Å²) in [7, 11) is 3.66. The van der Waals surface area contributed by atoms with Crippen molar-refractivity contribution in [3.63, 3.8) is 0 Å². The Hall–Kier alpha value is -1.06. The van der Waals surface area contributed by atoms with Crippen LogP contribution in [0.4, 0.5) is 5.69 Å². The van der Waals surface area contributed by atoms with Gasteiger partial charge in [0.25, 0.3) is 0 Å². The number of piperazine rings is 1. The first-order chi connectivity index (χ1) is 15.1. The van der Waals surface area contributed by atoms with Gasteiger partial charge in [-0.15, -0.1) is 24.0 Å². The van der Waals surface area contributed by atoms with Gasteiger partial charge >= 0.3 is 0 Å². The highest BCUT2D eigenvalue weighted by Gasteiger charge is 2.36. The van der Waals surface area contributed by atoms with Crippen molar-refractivity contribution in [1.29, 1.82) is 0 Å². The Labute approximate surface area is 212 Å². The molecule has 0 bridgehead atoms. The minimum Gasteiger partial charge on any atom is -0.385 e. The molecule has 1 aliphatic heterocycles. The van der Waals surface area contributed by atoms with Crippen LogP contribution in [0.3, 0.4) is 0 Å². The molecular weight excluding hydrogens is 513 g/mol. The molecule has 1 heterocycles. The topological polar surface area (TPSA) is 52.1 Å². The third kappa shape index (κ3) is 8.37. The Morgan fingerprint density at radius 2 is 1.91 bits per heavy atom. The number of hydrogen-bond donors (Lipinski definition) is 2. The summed E-state index contributed by atoms with van der Waals surface area (Å²) in [5.41, 5.74) is 3.12. The van der Waals surface area contributed by atoms with Crippen LogP contribution in [0, 0.1) is 12.3 Å². The van der Waals surface area contributed by atoms with Crippen LogP contribution in [-0.4, -0.2) is 77.4 Å². The summed E-state index contributed by atoms with van der Waals surface area (Å²) in [6.45, 7) is 10.8. The second-order valence-corrected chi connectivity index (χ2v) is 9.32. The van der Waals surface area contributed by atoms with Gasteiger partial charge in [-0.1, -0.05) is 18.6 Å². The number of ether oxygens (including phenoxy) is 1. The van der Waals surface area contributed by atoms with E-state index >= 15 is 0 Å². The molecule has 1 saturated heterocycles. The molecule has 1 aliphatic carbocycles. The van der Waals surface area contributed by atoms with E-state index in [-0.39, 0.29) is 24.0 Å². The summed E-state index contributed by atoms with van der Waals surface area (Å²) >= 11 is 0. The number of aryl methyl sites for hydroxylation is 1. The van der Waals surface area contributed by atoms with Gasteiger partial charge in [0.05, 0.1) is 0 Å². The molecule has 6 nitrogen and oxygen atoms in total. The number of guanidine groups is 1. The Bertz CT molecular complexity index is 687. The van der Waals surface area contributed by atoms with Crippen molar-refractivity contribution in [2.24, 2.45) is 10.4 Å². The first kappa shape index (κ1) is 27.2. The van der Waals surface area contributed by atoms with E-state index in [1.807, 2.05) is 7.05 Å². The molecule has 0 spiro atoms. The first-order valence-corrected chi connectivity index (χ1v) is 12.1. The number of nitrogens with one attached hydrogen (secondary N) is 2. The number of aliphatic imine (C=N–C) groups is 1. The number of anilines is 1. The molecule has 0 unspecified atom stereocenters. The number of halogens is 1. The van der Waals surface area contributed by atoms with E-state index in [1.165, 1.54) is 49.9 Å². The molecule has 7 heteroatoms. The average molecular weight is 558 g/mol. The highest BCUT2D eigenvalue weighted by Crippen LogP contribution is 2.43. The highest BCUT2D eigenvalue weighted by atomic mass is 127. The van der Waals surface area contributed by atoms with Gasteiger partial charge in [0.15, 0.2) is 5.96 Å². The van der Waals surface area contributed by atoms with Crippen molar-refractivity contribution in [3.05, 3.63) is 29.8 Å². The van der Waals surface area contributed by atoms with Crippen LogP contribution < -0.4 is 15.5 Å². The molecule has 182 valence electrons. The van der Waals surface area contributed by atoms with Gasteiger partial charge in [-0.2, -0.15) is 0 Å². The van der Waals surface area contributed by atoms with Gasteiger partial charge in [0, 0.05) is 65.7 Å². The molecule has 1 aromatic rings. The quantitative estimate of drug-likeness (QED) is 0.187. The Balaban J connectivity index is 0.00000363. The van der Waals surface area contributed by atoms with Crippen LogP contribution in [0.25, 0.3) is 0 Å². The van der Waals surface area contributed by atoms with E-state index in [0.717, 1.165) is 58.3 Å². The standard InChI is InChI=1S/C25H43N5O.HI/c1-22-8-6-9-23(20-22)30-17-15-29(16-18-30)14-5-4-13-27-24(26-2)28-21-25(10-7-11-25)12-19-31-3;/h6,8-9,20H,4-5,7,10-19,21H2,1-3H3,(H2,26,27,28);1H. The van der Waals surface area contributed by atoms with Gasteiger partial charge in [-0.3, -0.25) is 9.89 Å². The molecule has 3 rings (SSSR count). The number of unbranched alkanes of at least 4 members (excludes halogenated alkanes) is 1. The molecule has 2 N–H and O–H groups in total. The fraction of sp³-hybridized carbons (Fsp3) is 0.720. The fourth-order valence-electron chi connectivity index (χ4n) is 4.72. The lowest BCUT2D eigenvalue weighted by molar-refractivity contribution is 0.0732. The number of benzene rings is 1. The third-order valence-electron chi connectivity index (χ3n) is 7.04. The predicted molar refractivity (Wildman–Crippen MR) is 147 cm³/mol. The second-order valence-electron chi connectivity index (χ2n) is 9.32. The zero-order valence-electron chi connectivity index (χ0n) is 20.4. The van der Waals surface area contributed by atoms with Gasteiger partial charge in [0.2, 0.25) is 0 Å². The average Bonchev–Trinajstić information content (AvgIpc) is 2.77. The van der Waals surface area contributed by atoms with Crippen LogP contribution in [0.15, 0.2) is 29.3 Å². The zero-order chi connectivity index (χ0) is 21.9. The molecule has 1 saturated carbocycles. The van der Waals surface area contributed by atoms with Crippen LogP contribution in [-0.2, 0) is 4.74 Å². The lowest BCUT2D eigenvalue weighted by atomic mass is 9.67. The molecule has 0 atom stereocenters. The smallest absolute Gasteiger partial charge is 0.190 e. The zero-order valence-corrected chi connectivity index (χ0v) is 22.7. The van der Waals surface area contributed by atoms with E-state index in [1.54, 1.807) is 7.11 Å². The largest absolute Gasteiger partial charge is 0.385 e. The van der Waals surface area contributed by atoms with Crippen molar-refractivity contribution >= 4 is 35.6 Å². The van der Waals surface area contributed by atoms with Crippen LogP contribution in [0.2, 0.25) is 0 Å². The Morgan fingerprint density at radius 1 is 1.12 bits per heavy atom. The lowest BCUT2D eigenvalue weighted by Gasteiger charge is -2.42. The summed E-state index contributed by atoms with van der Waals surface area (Å²) < 4.78 is 5.30. The van der Waals surface area contributed by atoms with Crippen molar-refractivity contribution < 1.29 is 4.74 Å². The molecule has 32 heavy (non-hydrogen) atoms. The summed E-state index contributed by atoms with van der Waals surface area (Å²) in [5, 5.41) is 7.05. The fourth-order valence-corrected chi connectivity index (χ4v) is 4.72. The van der Waals surface area contributed by atoms with Crippen molar-refractivity contribution in [2.75, 3.05) is 71.5 Å². The van der Waals surface area contributed by atoms with Crippen molar-refractivity contribution in [1.82, 2.24) is 15.5 Å².